The Labute approximate surface area is 104 Å². The predicted molar refractivity (Wildman–Crippen MR) is 65.7 cm³/mol. The molecule has 3 atom stereocenters. The van der Waals surface area contributed by atoms with Gasteiger partial charge in [-0.1, -0.05) is 12.1 Å². The highest BCUT2D eigenvalue weighted by atomic mass is 16.4. The summed E-state index contributed by atoms with van der Waals surface area (Å²) < 4.78 is 0. The Kier molecular flexibility index (Phi) is 5.73. The van der Waals surface area contributed by atoms with E-state index < -0.39 is 24.9 Å². The van der Waals surface area contributed by atoms with E-state index in [9.17, 15) is 15.3 Å². The standard InChI is InChI=1S/C12H17NO5/c14-7-11(17)12(18)10(16)6-13-5-8-3-1-2-4-9(8)15/h1-5,10-12,14-18H,6-7H2/t10-,11+,12-/m0/s1. The molecule has 5 N–H and O–H groups in total. The summed E-state index contributed by atoms with van der Waals surface area (Å²) >= 11 is 0. The molecule has 6 heteroatoms. The molecule has 0 unspecified atom stereocenters. The Morgan fingerprint density at radius 2 is 1.78 bits per heavy atom. The molecule has 0 aromatic heterocycles. The third kappa shape index (κ3) is 4.08. The van der Waals surface area contributed by atoms with Crippen molar-refractivity contribution in [2.45, 2.75) is 18.3 Å². The van der Waals surface area contributed by atoms with E-state index in [-0.39, 0.29) is 12.3 Å². The number of aliphatic hydroxyl groups excluding tert-OH is 4. The van der Waals surface area contributed by atoms with Crippen LogP contribution < -0.4 is 0 Å². The number of phenols is 1. The third-order valence-corrected chi connectivity index (χ3v) is 2.44. The highest BCUT2D eigenvalue weighted by Crippen LogP contribution is 2.12. The van der Waals surface area contributed by atoms with Gasteiger partial charge < -0.3 is 25.5 Å². The van der Waals surface area contributed by atoms with Crippen LogP contribution in [0.25, 0.3) is 0 Å². The monoisotopic (exact) mass is 255 g/mol. The second-order valence-corrected chi connectivity index (χ2v) is 3.86. The molecule has 0 aliphatic rings. The van der Waals surface area contributed by atoms with Crippen molar-refractivity contribution in [3.05, 3.63) is 29.8 Å². The summed E-state index contributed by atoms with van der Waals surface area (Å²) in [5, 5.41) is 46.0. The molecule has 0 bridgehead atoms. The first kappa shape index (κ1) is 14.6. The van der Waals surface area contributed by atoms with Crippen molar-refractivity contribution in [1.29, 1.82) is 0 Å². The number of aliphatic hydroxyl groups is 4. The van der Waals surface area contributed by atoms with E-state index in [4.69, 9.17) is 10.2 Å². The summed E-state index contributed by atoms with van der Waals surface area (Å²) in [6.07, 6.45) is -2.79. The fraction of sp³-hybridized carbons (Fsp3) is 0.417. The first-order valence-corrected chi connectivity index (χ1v) is 5.49. The summed E-state index contributed by atoms with van der Waals surface area (Å²) in [6.45, 7) is -0.784. The summed E-state index contributed by atoms with van der Waals surface area (Å²) in [5.41, 5.74) is 0.488. The zero-order valence-electron chi connectivity index (χ0n) is 9.72. The lowest BCUT2D eigenvalue weighted by Gasteiger charge is -2.19. The molecular formula is C12H17NO5. The molecule has 0 fully saturated rings. The number of aliphatic imine (C=N–C) groups is 1. The van der Waals surface area contributed by atoms with Crippen LogP contribution in [0.2, 0.25) is 0 Å². The van der Waals surface area contributed by atoms with E-state index >= 15 is 0 Å². The SMILES string of the molecule is OC[C@@H](O)[C@@H](O)[C@@H](O)CN=Cc1ccccc1O. The van der Waals surface area contributed by atoms with Gasteiger partial charge in [0.25, 0.3) is 0 Å². The highest BCUT2D eigenvalue weighted by molar-refractivity contribution is 5.83. The van der Waals surface area contributed by atoms with E-state index in [1.165, 1.54) is 12.3 Å². The van der Waals surface area contributed by atoms with Crippen LogP contribution >= 0.6 is 0 Å². The molecule has 0 saturated heterocycles. The quantitative estimate of drug-likeness (QED) is 0.413. The Hall–Kier alpha value is -1.47. The second-order valence-electron chi connectivity index (χ2n) is 3.86. The van der Waals surface area contributed by atoms with Crippen LogP contribution in [0.15, 0.2) is 29.3 Å². The number of aromatic hydroxyl groups is 1. The van der Waals surface area contributed by atoms with Gasteiger partial charge in [-0.05, 0) is 12.1 Å². The van der Waals surface area contributed by atoms with Crippen LogP contribution in [0.4, 0.5) is 0 Å². The first-order chi connectivity index (χ1) is 8.56. The van der Waals surface area contributed by atoms with E-state index in [0.717, 1.165) is 0 Å². The van der Waals surface area contributed by atoms with Crippen LogP contribution in [0, 0.1) is 0 Å². The van der Waals surface area contributed by atoms with Crippen molar-refractivity contribution in [1.82, 2.24) is 0 Å². The van der Waals surface area contributed by atoms with Crippen molar-refractivity contribution < 1.29 is 25.5 Å². The molecular weight excluding hydrogens is 238 g/mol. The molecule has 6 nitrogen and oxygen atoms in total. The Balaban J connectivity index is 2.52. The normalized spacial score (nSPS) is 16.7. The smallest absolute Gasteiger partial charge is 0.124 e. The van der Waals surface area contributed by atoms with Crippen molar-refractivity contribution >= 4 is 6.21 Å². The summed E-state index contributed by atoms with van der Waals surface area (Å²) in [4.78, 5) is 3.85. The van der Waals surface area contributed by atoms with Gasteiger partial charge in [0.2, 0.25) is 0 Å². The van der Waals surface area contributed by atoms with Gasteiger partial charge in [0, 0.05) is 11.8 Å². The minimum Gasteiger partial charge on any atom is -0.507 e. The molecule has 1 aromatic carbocycles. The number of hydrogen-bond donors (Lipinski definition) is 5. The Morgan fingerprint density at radius 3 is 2.39 bits per heavy atom. The zero-order chi connectivity index (χ0) is 13.5. The van der Waals surface area contributed by atoms with Gasteiger partial charge in [-0.15, -0.1) is 0 Å². The minimum atomic E-state index is -1.46. The molecule has 0 heterocycles. The van der Waals surface area contributed by atoms with Crippen molar-refractivity contribution in [3.8, 4) is 5.75 Å². The van der Waals surface area contributed by atoms with Crippen molar-refractivity contribution in [2.75, 3.05) is 13.2 Å². The minimum absolute atomic E-state index is 0.0617. The van der Waals surface area contributed by atoms with Crippen molar-refractivity contribution in [3.63, 3.8) is 0 Å². The number of nitrogens with zero attached hydrogens (tertiary/aromatic N) is 1. The Morgan fingerprint density at radius 1 is 1.11 bits per heavy atom. The van der Waals surface area contributed by atoms with Gasteiger partial charge >= 0.3 is 0 Å². The number of benzene rings is 1. The molecule has 0 aliphatic heterocycles. The molecule has 0 saturated carbocycles. The van der Waals surface area contributed by atoms with E-state index in [2.05, 4.69) is 4.99 Å². The van der Waals surface area contributed by atoms with Gasteiger partial charge in [-0.25, -0.2) is 0 Å². The first-order valence-electron chi connectivity index (χ1n) is 5.49. The van der Waals surface area contributed by atoms with Gasteiger partial charge in [0.1, 0.15) is 24.1 Å². The average molecular weight is 255 g/mol. The third-order valence-electron chi connectivity index (χ3n) is 2.44. The molecule has 100 valence electrons. The van der Waals surface area contributed by atoms with Crippen LogP contribution in [0.5, 0.6) is 5.75 Å². The van der Waals surface area contributed by atoms with E-state index in [0.29, 0.717) is 5.56 Å². The fourth-order valence-electron chi connectivity index (χ4n) is 1.33. The van der Waals surface area contributed by atoms with Gasteiger partial charge in [-0.2, -0.15) is 0 Å². The predicted octanol–water partition coefficient (Wildman–Crippen LogP) is -1.11. The molecule has 18 heavy (non-hydrogen) atoms. The number of phenolic OH excluding ortho intramolecular Hbond substituents is 1. The molecule has 0 radical (unpaired) electrons. The summed E-state index contributed by atoms with van der Waals surface area (Å²) in [5.74, 6) is 0.0617. The lowest BCUT2D eigenvalue weighted by atomic mass is 10.1. The lowest BCUT2D eigenvalue weighted by Crippen LogP contribution is -2.41. The number of rotatable bonds is 6. The van der Waals surface area contributed by atoms with Crippen molar-refractivity contribution in [2.24, 2.45) is 4.99 Å². The molecule has 0 amide bonds. The van der Waals surface area contributed by atoms with Gasteiger partial charge in [0.05, 0.1) is 13.2 Å². The van der Waals surface area contributed by atoms with E-state index in [1.54, 1.807) is 18.2 Å². The maximum absolute atomic E-state index is 9.47. The fourth-order valence-corrected chi connectivity index (χ4v) is 1.33. The number of para-hydroxylation sites is 1. The molecule has 0 aliphatic carbocycles. The average Bonchev–Trinajstić information content (AvgIpc) is 2.39. The topological polar surface area (TPSA) is 114 Å². The largest absolute Gasteiger partial charge is 0.507 e. The lowest BCUT2D eigenvalue weighted by molar-refractivity contribution is -0.0725. The Bertz CT molecular complexity index is 396. The zero-order valence-corrected chi connectivity index (χ0v) is 9.72. The van der Waals surface area contributed by atoms with Crippen LogP contribution in [0.3, 0.4) is 0 Å². The molecule has 0 spiro atoms. The van der Waals surface area contributed by atoms with Gasteiger partial charge in [-0.3, -0.25) is 4.99 Å². The summed E-state index contributed by atoms with van der Waals surface area (Å²) in [7, 11) is 0. The maximum atomic E-state index is 9.47. The highest BCUT2D eigenvalue weighted by Gasteiger charge is 2.23. The van der Waals surface area contributed by atoms with Gasteiger partial charge in [0.15, 0.2) is 0 Å². The maximum Gasteiger partial charge on any atom is 0.124 e. The molecule has 1 aromatic rings. The second kappa shape index (κ2) is 7.07. The van der Waals surface area contributed by atoms with Crippen LogP contribution in [0.1, 0.15) is 5.56 Å². The van der Waals surface area contributed by atoms with Crippen LogP contribution in [-0.4, -0.2) is 63.2 Å². The summed E-state index contributed by atoms with van der Waals surface area (Å²) in [6, 6.07) is 6.54. The molecule has 1 rings (SSSR count). The van der Waals surface area contributed by atoms with Crippen LogP contribution in [-0.2, 0) is 0 Å². The number of hydrogen-bond acceptors (Lipinski definition) is 6. The van der Waals surface area contributed by atoms with E-state index in [1.807, 2.05) is 0 Å².